The average molecular weight is 499 g/mol. The number of carbonyl (C=O) groups excluding carboxylic acids is 2. The summed E-state index contributed by atoms with van der Waals surface area (Å²) in [6, 6.07) is 13.7. The molecule has 1 N–H and O–H groups in total. The lowest BCUT2D eigenvalue weighted by Crippen LogP contribution is -2.41. The molecule has 0 amide bonds. The number of aryl methyl sites for hydroxylation is 2. The topological polar surface area (TPSA) is 82.1 Å². The highest BCUT2D eigenvalue weighted by Gasteiger charge is 2.25. The summed E-state index contributed by atoms with van der Waals surface area (Å²) in [6.07, 6.45) is 2.07. The Balaban J connectivity index is 1.52. The number of carbonyl (C=O) groups is 2. The van der Waals surface area contributed by atoms with Crippen LogP contribution in [0.25, 0.3) is 0 Å². The van der Waals surface area contributed by atoms with Crippen molar-refractivity contribution >= 4 is 25.0 Å². The molecular formula is C28H38O6Si. The van der Waals surface area contributed by atoms with E-state index in [1.165, 1.54) is 5.19 Å². The maximum Gasteiger partial charge on any atom is 0.311 e. The lowest BCUT2D eigenvalue weighted by molar-refractivity contribution is -0.135. The molecular weight excluding hydrogens is 460 g/mol. The zero-order valence-corrected chi connectivity index (χ0v) is 22.4. The quantitative estimate of drug-likeness (QED) is 0.194. The molecule has 0 radical (unpaired) electrons. The van der Waals surface area contributed by atoms with E-state index in [2.05, 4.69) is 37.4 Å². The van der Waals surface area contributed by atoms with E-state index in [0.29, 0.717) is 43.8 Å². The summed E-state index contributed by atoms with van der Waals surface area (Å²) in [6.45, 7) is 9.00. The summed E-state index contributed by atoms with van der Waals surface area (Å²) in [5, 5.41) is 11.9. The summed E-state index contributed by atoms with van der Waals surface area (Å²) in [5.41, 5.74) is 2.59. The van der Waals surface area contributed by atoms with Gasteiger partial charge in [-0.15, -0.1) is 0 Å². The summed E-state index contributed by atoms with van der Waals surface area (Å²) in [4.78, 5) is 23.4. The number of benzene rings is 2. The van der Waals surface area contributed by atoms with Gasteiger partial charge in [-0.2, -0.15) is 0 Å². The fraction of sp³-hybridized carbons (Fsp3) is 0.500. The van der Waals surface area contributed by atoms with Crippen LogP contribution in [0, 0.1) is 6.92 Å². The second-order valence-corrected chi connectivity index (χ2v) is 14.9. The fourth-order valence-corrected chi connectivity index (χ4v) is 6.86. The van der Waals surface area contributed by atoms with E-state index in [9.17, 15) is 14.7 Å². The van der Waals surface area contributed by atoms with Crippen molar-refractivity contribution in [1.82, 2.24) is 0 Å². The van der Waals surface area contributed by atoms with Crippen LogP contribution in [-0.4, -0.2) is 50.9 Å². The predicted molar refractivity (Wildman–Crippen MR) is 139 cm³/mol. The highest BCUT2D eigenvalue weighted by Crippen LogP contribution is 2.38. The number of aliphatic hydroxyl groups is 1. The first-order chi connectivity index (χ1) is 16.7. The number of ketones is 1. The van der Waals surface area contributed by atoms with E-state index in [1.54, 1.807) is 6.92 Å². The Morgan fingerprint density at radius 1 is 1.17 bits per heavy atom. The van der Waals surface area contributed by atoms with Crippen LogP contribution < -0.4 is 14.7 Å². The molecule has 3 rings (SSSR count). The molecule has 0 fully saturated rings. The van der Waals surface area contributed by atoms with Crippen LogP contribution in [0.3, 0.4) is 0 Å². The molecule has 2 aromatic rings. The van der Waals surface area contributed by atoms with Crippen LogP contribution in [0.1, 0.15) is 42.9 Å². The van der Waals surface area contributed by atoms with Gasteiger partial charge in [-0.3, -0.25) is 4.79 Å². The van der Waals surface area contributed by atoms with Gasteiger partial charge in [0.05, 0.1) is 21.1 Å². The largest absolute Gasteiger partial charge is 0.490 e. The molecule has 0 bridgehead atoms. The first-order valence-corrected chi connectivity index (χ1v) is 15.7. The molecule has 35 heavy (non-hydrogen) atoms. The molecule has 0 saturated heterocycles. The highest BCUT2D eigenvalue weighted by atomic mass is 28.3. The van der Waals surface area contributed by atoms with Crippen molar-refractivity contribution in [2.75, 3.05) is 19.8 Å². The Labute approximate surface area is 209 Å². The van der Waals surface area contributed by atoms with Crippen molar-refractivity contribution in [3.63, 3.8) is 0 Å². The third-order valence-electron chi connectivity index (χ3n) is 6.55. The van der Waals surface area contributed by atoms with Crippen LogP contribution in [-0.2, 0) is 27.2 Å². The lowest BCUT2D eigenvalue weighted by atomic mass is 9.95. The molecule has 1 aliphatic heterocycles. The SMILES string of the molecule is CC(=O)CCc1cc2c(c(C)c1OCC(O)COCCC[Si](C)(C)c1ccccc1)OC(=O)CC2. The van der Waals surface area contributed by atoms with Crippen LogP contribution >= 0.6 is 0 Å². The van der Waals surface area contributed by atoms with Crippen LogP contribution in [0.15, 0.2) is 36.4 Å². The van der Waals surface area contributed by atoms with Gasteiger partial charge in [0.15, 0.2) is 0 Å². The summed E-state index contributed by atoms with van der Waals surface area (Å²) in [7, 11) is -1.49. The zero-order chi connectivity index (χ0) is 25.4. The third kappa shape index (κ3) is 7.75. The molecule has 2 aromatic carbocycles. The number of hydrogen-bond donors (Lipinski definition) is 1. The Kier molecular flexibility index (Phi) is 9.66. The van der Waals surface area contributed by atoms with E-state index >= 15 is 0 Å². The van der Waals surface area contributed by atoms with Crippen molar-refractivity contribution in [1.29, 1.82) is 0 Å². The number of rotatable bonds is 13. The summed E-state index contributed by atoms with van der Waals surface area (Å²) < 4.78 is 17.2. The van der Waals surface area contributed by atoms with Crippen LogP contribution in [0.4, 0.5) is 0 Å². The van der Waals surface area contributed by atoms with E-state index in [1.807, 2.05) is 19.1 Å². The van der Waals surface area contributed by atoms with Crippen LogP contribution in [0.5, 0.6) is 11.5 Å². The minimum Gasteiger partial charge on any atom is -0.490 e. The van der Waals surface area contributed by atoms with Gasteiger partial charge in [0.1, 0.15) is 30.0 Å². The Morgan fingerprint density at radius 2 is 1.91 bits per heavy atom. The molecule has 0 aromatic heterocycles. The van der Waals surface area contributed by atoms with Gasteiger partial charge in [0.25, 0.3) is 0 Å². The van der Waals surface area contributed by atoms with Crippen molar-refractivity contribution in [3.05, 3.63) is 53.1 Å². The predicted octanol–water partition coefficient (Wildman–Crippen LogP) is 4.13. The zero-order valence-electron chi connectivity index (χ0n) is 21.4. The van der Waals surface area contributed by atoms with Gasteiger partial charge < -0.3 is 24.1 Å². The van der Waals surface area contributed by atoms with Crippen molar-refractivity contribution in [2.24, 2.45) is 0 Å². The maximum absolute atomic E-state index is 11.8. The first kappa shape index (κ1) is 27.1. The van der Waals surface area contributed by atoms with Gasteiger partial charge in [-0.1, -0.05) is 54.7 Å². The molecule has 7 heteroatoms. The molecule has 1 aliphatic rings. The minimum atomic E-state index is -1.49. The second-order valence-electron chi connectivity index (χ2n) is 10.0. The van der Waals surface area contributed by atoms with E-state index in [0.717, 1.165) is 29.2 Å². The van der Waals surface area contributed by atoms with Gasteiger partial charge >= 0.3 is 5.97 Å². The van der Waals surface area contributed by atoms with Gasteiger partial charge in [-0.25, -0.2) is 0 Å². The molecule has 1 unspecified atom stereocenters. The minimum absolute atomic E-state index is 0.0604. The number of Topliss-reactive ketones (excluding diaryl/α,β-unsaturated/α-hetero) is 1. The van der Waals surface area contributed by atoms with Gasteiger partial charge in [-0.05, 0) is 50.3 Å². The number of ether oxygens (including phenoxy) is 3. The summed E-state index contributed by atoms with van der Waals surface area (Å²) >= 11 is 0. The molecule has 6 nitrogen and oxygen atoms in total. The molecule has 0 aliphatic carbocycles. The maximum atomic E-state index is 11.8. The third-order valence-corrected chi connectivity index (χ3v) is 10.0. The highest BCUT2D eigenvalue weighted by molar-refractivity contribution is 6.89. The molecule has 1 heterocycles. The standard InChI is InChI=1S/C28H38O6Si/c1-20(29)11-12-22-17-23-13-14-26(31)34-28(23)21(2)27(22)33-19-24(30)18-32-15-8-16-35(3,4)25-9-6-5-7-10-25/h5-7,9-10,17,24,30H,8,11-16,18-19H2,1-4H3. The number of aliphatic hydroxyl groups excluding tert-OH is 1. The molecule has 0 spiro atoms. The lowest BCUT2D eigenvalue weighted by Gasteiger charge is -2.24. The fourth-order valence-electron chi connectivity index (χ4n) is 4.45. The van der Waals surface area contributed by atoms with E-state index in [4.69, 9.17) is 14.2 Å². The van der Waals surface area contributed by atoms with Crippen molar-refractivity contribution < 1.29 is 28.9 Å². The average Bonchev–Trinajstić information content (AvgIpc) is 2.83. The van der Waals surface area contributed by atoms with Crippen molar-refractivity contribution in [2.45, 2.75) is 71.2 Å². The summed E-state index contributed by atoms with van der Waals surface area (Å²) in [5.74, 6) is 0.966. The van der Waals surface area contributed by atoms with Gasteiger partial charge in [0, 0.05) is 18.6 Å². The Morgan fingerprint density at radius 3 is 2.63 bits per heavy atom. The molecule has 190 valence electrons. The first-order valence-electron chi connectivity index (χ1n) is 12.5. The van der Waals surface area contributed by atoms with E-state index in [-0.39, 0.29) is 25.0 Å². The normalized spacial score (nSPS) is 14.3. The number of esters is 1. The smallest absolute Gasteiger partial charge is 0.311 e. The molecule has 1 atom stereocenters. The Hall–Kier alpha value is -2.48. The van der Waals surface area contributed by atoms with Gasteiger partial charge in [0.2, 0.25) is 0 Å². The molecule has 0 saturated carbocycles. The van der Waals surface area contributed by atoms with Crippen molar-refractivity contribution in [3.8, 4) is 11.5 Å². The number of fused-ring (bicyclic) bond motifs is 1. The van der Waals surface area contributed by atoms with E-state index < -0.39 is 14.2 Å². The second kappa shape index (κ2) is 12.5. The Bertz CT molecular complexity index is 1020. The number of hydrogen-bond acceptors (Lipinski definition) is 6. The monoisotopic (exact) mass is 498 g/mol. The van der Waals surface area contributed by atoms with Crippen LogP contribution in [0.2, 0.25) is 19.1 Å².